The lowest BCUT2D eigenvalue weighted by molar-refractivity contribution is 0.159. The topological polar surface area (TPSA) is 61.6 Å². The van der Waals surface area contributed by atoms with Crippen molar-refractivity contribution < 1.29 is 0 Å². The zero-order valence-electron chi connectivity index (χ0n) is 23.0. The van der Waals surface area contributed by atoms with Crippen molar-refractivity contribution >= 4 is 10.9 Å². The summed E-state index contributed by atoms with van der Waals surface area (Å²) in [7, 11) is 4.08. The summed E-state index contributed by atoms with van der Waals surface area (Å²) < 4.78 is 0. The molecule has 200 valence electrons. The van der Waals surface area contributed by atoms with E-state index in [4.69, 9.17) is 0 Å². The summed E-state index contributed by atoms with van der Waals surface area (Å²) in [6, 6.07) is 9.22. The van der Waals surface area contributed by atoms with Gasteiger partial charge in [-0.15, -0.1) is 0 Å². The van der Waals surface area contributed by atoms with Gasteiger partial charge in [-0.2, -0.15) is 0 Å². The Hall–Kier alpha value is -2.48. The van der Waals surface area contributed by atoms with Crippen LogP contribution in [-0.2, 0) is 13.0 Å². The third-order valence-electron chi connectivity index (χ3n) is 7.06. The molecule has 3 rings (SSSR count). The smallest absolute Gasteiger partial charge is 0.109 e. The van der Waals surface area contributed by atoms with E-state index in [1.165, 1.54) is 67.5 Å². The number of hydrogen-bond donors (Lipinski definition) is 4. The molecule has 2 aromatic rings. The van der Waals surface area contributed by atoms with Crippen LogP contribution in [0.3, 0.4) is 0 Å². The van der Waals surface area contributed by atoms with E-state index in [-0.39, 0.29) is 12.3 Å². The van der Waals surface area contributed by atoms with E-state index in [0.29, 0.717) is 0 Å². The summed E-state index contributed by atoms with van der Waals surface area (Å²) in [5, 5.41) is 11.5. The molecule has 1 atom stereocenters. The third kappa shape index (κ3) is 8.57. The highest BCUT2D eigenvalue weighted by molar-refractivity contribution is 5.81. The van der Waals surface area contributed by atoms with Gasteiger partial charge in [0, 0.05) is 50.3 Å². The lowest BCUT2D eigenvalue weighted by Crippen LogP contribution is -2.51. The average molecular weight is 496 g/mol. The Morgan fingerprint density at radius 3 is 2.44 bits per heavy atom. The van der Waals surface area contributed by atoms with Crippen molar-refractivity contribution in [2.75, 3.05) is 46.8 Å². The fourth-order valence-corrected chi connectivity index (χ4v) is 5.09. The first-order valence-electron chi connectivity index (χ1n) is 13.8. The molecule has 1 aliphatic rings. The molecule has 7 heteroatoms. The van der Waals surface area contributed by atoms with Gasteiger partial charge in [0.25, 0.3) is 0 Å². The van der Waals surface area contributed by atoms with Crippen molar-refractivity contribution in [2.45, 2.75) is 64.8 Å². The number of rotatable bonds is 18. The number of benzene rings is 1. The van der Waals surface area contributed by atoms with Crippen LogP contribution >= 0.6 is 0 Å². The van der Waals surface area contributed by atoms with Crippen LogP contribution < -0.4 is 16.0 Å². The van der Waals surface area contributed by atoms with Crippen molar-refractivity contribution in [3.63, 3.8) is 0 Å². The zero-order valence-corrected chi connectivity index (χ0v) is 23.0. The SMILES string of the molecule is C=CN(C)C(CN(Cc1ccc2[nH]c(CCCCN(CCC)CCC)cc2c1)CC1NC=CN1)NC. The number of hydrogen-bond acceptors (Lipinski definition) is 6. The summed E-state index contributed by atoms with van der Waals surface area (Å²) in [5.41, 5.74) is 3.93. The van der Waals surface area contributed by atoms with Crippen LogP contribution in [-0.4, -0.2) is 78.8 Å². The van der Waals surface area contributed by atoms with Crippen LogP contribution in [0.2, 0.25) is 0 Å². The highest BCUT2D eigenvalue weighted by Gasteiger charge is 2.20. The van der Waals surface area contributed by atoms with Crippen molar-refractivity contribution in [3.05, 3.63) is 60.7 Å². The number of nitrogens with one attached hydrogen (secondary N) is 4. The van der Waals surface area contributed by atoms with Gasteiger partial charge in [0.05, 0.1) is 6.17 Å². The molecule has 1 aromatic heterocycles. The van der Waals surface area contributed by atoms with E-state index in [1.54, 1.807) is 0 Å². The van der Waals surface area contributed by atoms with Gasteiger partial charge in [0.2, 0.25) is 0 Å². The van der Waals surface area contributed by atoms with Crippen molar-refractivity contribution in [3.8, 4) is 0 Å². The van der Waals surface area contributed by atoms with Crippen LogP contribution in [0.4, 0.5) is 0 Å². The van der Waals surface area contributed by atoms with Gasteiger partial charge in [-0.1, -0.05) is 26.5 Å². The molecular weight excluding hydrogens is 446 g/mol. The molecule has 0 bridgehead atoms. The van der Waals surface area contributed by atoms with Crippen LogP contribution in [0.25, 0.3) is 10.9 Å². The Kier molecular flexibility index (Phi) is 11.7. The molecule has 1 aromatic carbocycles. The molecule has 0 saturated carbocycles. The van der Waals surface area contributed by atoms with Gasteiger partial charge in [-0.05, 0) is 94.1 Å². The lowest BCUT2D eigenvalue weighted by atomic mass is 10.1. The van der Waals surface area contributed by atoms with Gasteiger partial charge >= 0.3 is 0 Å². The first kappa shape index (κ1) is 28.1. The second-order valence-corrected chi connectivity index (χ2v) is 10.1. The van der Waals surface area contributed by atoms with Crippen LogP contribution in [0.1, 0.15) is 50.8 Å². The standard InChI is InChI=1S/C29H49N7/c1-6-16-35(17-7-2)18-10-9-11-26-20-25-19-24(12-13-27(25)33-26)21-36(22-28-31-14-15-32-28)23-29(30-4)34(5)8-3/h8,12-15,19-20,28-33H,3,6-7,9-11,16-18,21-23H2,1-2,4-5H3. The Morgan fingerprint density at radius 2 is 1.78 bits per heavy atom. The molecule has 0 amide bonds. The molecule has 0 saturated heterocycles. The molecule has 36 heavy (non-hydrogen) atoms. The lowest BCUT2D eigenvalue weighted by Gasteiger charge is -2.33. The van der Waals surface area contributed by atoms with Gasteiger partial charge < -0.3 is 25.4 Å². The molecule has 1 unspecified atom stereocenters. The van der Waals surface area contributed by atoms with Crippen LogP contribution in [0.15, 0.2) is 49.4 Å². The van der Waals surface area contributed by atoms with E-state index in [2.05, 4.69) is 87.4 Å². The Balaban J connectivity index is 1.60. The number of unbranched alkanes of at least 4 members (excludes halogenated alkanes) is 1. The van der Waals surface area contributed by atoms with E-state index in [0.717, 1.165) is 26.1 Å². The monoisotopic (exact) mass is 495 g/mol. The molecule has 4 N–H and O–H groups in total. The highest BCUT2D eigenvalue weighted by atomic mass is 15.3. The summed E-state index contributed by atoms with van der Waals surface area (Å²) in [5.74, 6) is 0. The number of nitrogens with zero attached hydrogens (tertiary/aromatic N) is 3. The number of H-pyrrole nitrogens is 1. The zero-order chi connectivity index (χ0) is 25.8. The second kappa shape index (κ2) is 14.9. The number of fused-ring (bicyclic) bond motifs is 1. The van der Waals surface area contributed by atoms with Crippen LogP contribution in [0, 0.1) is 0 Å². The maximum Gasteiger partial charge on any atom is 0.109 e. The minimum absolute atomic E-state index is 0.199. The molecule has 7 nitrogen and oxygen atoms in total. The van der Waals surface area contributed by atoms with E-state index < -0.39 is 0 Å². The summed E-state index contributed by atoms with van der Waals surface area (Å²) in [6.07, 6.45) is 12.4. The molecule has 1 aliphatic heterocycles. The predicted molar refractivity (Wildman–Crippen MR) is 154 cm³/mol. The maximum atomic E-state index is 3.94. The molecule has 0 radical (unpaired) electrons. The van der Waals surface area contributed by atoms with Gasteiger partial charge in [-0.3, -0.25) is 10.2 Å². The number of likely N-dealkylation sites (N-methyl/N-ethyl adjacent to an activating group) is 2. The molecular formula is C29H49N7. The minimum Gasteiger partial charge on any atom is -0.369 e. The first-order valence-corrected chi connectivity index (χ1v) is 13.8. The Morgan fingerprint density at radius 1 is 1.03 bits per heavy atom. The molecule has 0 fully saturated rings. The van der Waals surface area contributed by atoms with Crippen molar-refractivity contribution in [2.24, 2.45) is 0 Å². The summed E-state index contributed by atoms with van der Waals surface area (Å²) in [4.78, 5) is 10.9. The van der Waals surface area contributed by atoms with Crippen molar-refractivity contribution in [1.29, 1.82) is 0 Å². The molecule has 0 aliphatic carbocycles. The first-order chi connectivity index (χ1) is 17.6. The van der Waals surface area contributed by atoms with Crippen molar-refractivity contribution in [1.82, 2.24) is 35.6 Å². The van der Waals surface area contributed by atoms with E-state index in [9.17, 15) is 0 Å². The maximum absolute atomic E-state index is 3.94. The minimum atomic E-state index is 0.199. The van der Waals surface area contributed by atoms with Gasteiger partial charge in [-0.25, -0.2) is 0 Å². The average Bonchev–Trinajstić information content (AvgIpc) is 3.54. The fourth-order valence-electron chi connectivity index (χ4n) is 5.09. The number of aromatic nitrogens is 1. The number of aromatic amines is 1. The fraction of sp³-hybridized carbons (Fsp3) is 0.586. The summed E-state index contributed by atoms with van der Waals surface area (Å²) >= 11 is 0. The third-order valence-corrected chi connectivity index (χ3v) is 7.06. The van der Waals surface area contributed by atoms with Crippen LogP contribution in [0.5, 0.6) is 0 Å². The summed E-state index contributed by atoms with van der Waals surface area (Å²) in [6.45, 7) is 14.8. The predicted octanol–water partition coefficient (Wildman–Crippen LogP) is 4.03. The quantitative estimate of drug-likeness (QED) is 0.185. The Labute approximate surface area is 219 Å². The molecule has 0 spiro atoms. The van der Waals surface area contributed by atoms with Gasteiger partial charge in [0.1, 0.15) is 6.17 Å². The second-order valence-electron chi connectivity index (χ2n) is 10.1. The van der Waals surface area contributed by atoms with Gasteiger partial charge in [0.15, 0.2) is 0 Å². The van der Waals surface area contributed by atoms with E-state index >= 15 is 0 Å². The normalized spacial score (nSPS) is 14.5. The molecule has 2 heterocycles. The van der Waals surface area contributed by atoms with E-state index in [1.807, 2.05) is 25.6 Å². The Bertz CT molecular complexity index is 923. The number of aryl methyl sites for hydroxylation is 1. The highest BCUT2D eigenvalue weighted by Crippen LogP contribution is 2.20. The largest absolute Gasteiger partial charge is 0.369 e.